The van der Waals surface area contributed by atoms with E-state index < -0.39 is 0 Å². The fourth-order valence-electron chi connectivity index (χ4n) is 2.63. The number of rotatable bonds is 5. The summed E-state index contributed by atoms with van der Waals surface area (Å²) in [6.45, 7) is 3.95. The molecule has 0 radical (unpaired) electrons. The first-order valence-electron chi connectivity index (χ1n) is 8.43. The number of hydrogen-bond acceptors (Lipinski definition) is 4. The van der Waals surface area contributed by atoms with E-state index in [9.17, 15) is 4.79 Å². The molecule has 2 aromatic carbocycles. The molecular formula is C20H22N4OS. The van der Waals surface area contributed by atoms with Gasteiger partial charge in [-0.05, 0) is 26.0 Å². The first kappa shape index (κ1) is 18.2. The number of benzene rings is 2. The third-order valence-corrected chi connectivity index (χ3v) is 5.37. The highest BCUT2D eigenvalue weighted by molar-refractivity contribution is 8.00. The molecule has 0 fully saturated rings. The van der Waals surface area contributed by atoms with Crippen molar-refractivity contribution in [3.05, 3.63) is 60.2 Å². The van der Waals surface area contributed by atoms with Crippen LogP contribution in [-0.2, 0) is 11.8 Å². The lowest BCUT2D eigenvalue weighted by atomic mass is 10.1. The summed E-state index contributed by atoms with van der Waals surface area (Å²) in [5.41, 5.74) is 3.09. The molecule has 3 rings (SSSR count). The van der Waals surface area contributed by atoms with Crippen LogP contribution in [0.3, 0.4) is 0 Å². The normalized spacial score (nSPS) is 12.0. The van der Waals surface area contributed by atoms with Crippen molar-refractivity contribution >= 4 is 23.4 Å². The number of aromatic nitrogens is 3. The molecule has 5 nitrogen and oxygen atoms in total. The number of thioether (sulfide) groups is 1. The number of nitrogens with zero attached hydrogens (tertiary/aromatic N) is 4. The molecule has 0 spiro atoms. The van der Waals surface area contributed by atoms with Gasteiger partial charge in [-0.25, -0.2) is 0 Å². The van der Waals surface area contributed by atoms with Crippen LogP contribution in [0.1, 0.15) is 12.5 Å². The van der Waals surface area contributed by atoms with Crippen molar-refractivity contribution in [3.63, 3.8) is 0 Å². The second-order valence-electron chi connectivity index (χ2n) is 6.22. The number of anilines is 1. The molecule has 6 heteroatoms. The Bertz CT molecular complexity index is 890. The van der Waals surface area contributed by atoms with Crippen LogP contribution in [0.15, 0.2) is 59.8 Å². The molecule has 0 aliphatic heterocycles. The fourth-order valence-corrected chi connectivity index (χ4v) is 3.54. The van der Waals surface area contributed by atoms with Crippen LogP contribution in [-0.4, -0.2) is 33.0 Å². The van der Waals surface area contributed by atoms with Gasteiger partial charge in [0.1, 0.15) is 0 Å². The van der Waals surface area contributed by atoms with Gasteiger partial charge in [0.25, 0.3) is 0 Å². The smallest absolute Gasteiger partial charge is 0.240 e. The molecule has 1 amide bonds. The minimum Gasteiger partial charge on any atom is -0.315 e. The predicted octanol–water partition coefficient (Wildman–Crippen LogP) is 3.93. The monoisotopic (exact) mass is 366 g/mol. The van der Waals surface area contributed by atoms with Crippen molar-refractivity contribution in [1.29, 1.82) is 0 Å². The molecule has 0 saturated heterocycles. The zero-order valence-electron chi connectivity index (χ0n) is 15.4. The third-order valence-electron chi connectivity index (χ3n) is 4.25. The number of carbonyl (C=O) groups excluding carboxylic acids is 1. The van der Waals surface area contributed by atoms with Crippen molar-refractivity contribution in [2.24, 2.45) is 7.05 Å². The highest BCUT2D eigenvalue weighted by atomic mass is 32.2. The lowest BCUT2D eigenvalue weighted by molar-refractivity contribution is -0.117. The second-order valence-corrected chi connectivity index (χ2v) is 7.53. The number of carbonyl (C=O) groups is 1. The topological polar surface area (TPSA) is 51.0 Å². The van der Waals surface area contributed by atoms with Crippen LogP contribution in [0.5, 0.6) is 0 Å². The largest absolute Gasteiger partial charge is 0.315 e. The summed E-state index contributed by atoms with van der Waals surface area (Å²) in [6.07, 6.45) is 0. The average molecular weight is 366 g/mol. The van der Waals surface area contributed by atoms with Crippen LogP contribution in [0.4, 0.5) is 5.69 Å². The third kappa shape index (κ3) is 3.80. The molecular weight excluding hydrogens is 344 g/mol. The van der Waals surface area contributed by atoms with Crippen LogP contribution >= 0.6 is 11.8 Å². The minimum absolute atomic E-state index is 0.0288. The molecule has 3 aromatic rings. The van der Waals surface area contributed by atoms with Gasteiger partial charge in [-0.1, -0.05) is 59.8 Å². The van der Waals surface area contributed by atoms with Crippen LogP contribution in [0, 0.1) is 6.92 Å². The van der Waals surface area contributed by atoms with Crippen LogP contribution in [0.25, 0.3) is 11.4 Å². The Balaban J connectivity index is 1.74. The maximum absolute atomic E-state index is 12.7. The lowest BCUT2D eigenvalue weighted by Gasteiger charge is -2.20. The van der Waals surface area contributed by atoms with E-state index in [4.69, 9.17) is 0 Å². The molecule has 0 bridgehead atoms. The second kappa shape index (κ2) is 7.74. The van der Waals surface area contributed by atoms with Crippen molar-refractivity contribution in [2.45, 2.75) is 24.3 Å². The standard InChI is InChI=1S/C20H22N4OS/c1-14-10-12-16(13-11-14)18-21-22-20(24(18)4)26-15(2)19(25)23(3)17-8-6-5-7-9-17/h5-13,15H,1-4H3/t15-/m0/s1. The van der Waals surface area contributed by atoms with Crippen molar-refractivity contribution in [2.75, 3.05) is 11.9 Å². The highest BCUT2D eigenvalue weighted by Crippen LogP contribution is 2.27. The van der Waals surface area contributed by atoms with Gasteiger partial charge in [-0.2, -0.15) is 0 Å². The molecule has 0 N–H and O–H groups in total. The van der Waals surface area contributed by atoms with E-state index in [1.165, 1.54) is 17.3 Å². The maximum Gasteiger partial charge on any atom is 0.240 e. The first-order valence-corrected chi connectivity index (χ1v) is 9.31. The maximum atomic E-state index is 12.7. The Kier molecular flexibility index (Phi) is 5.42. The van der Waals surface area contributed by atoms with E-state index >= 15 is 0 Å². The SMILES string of the molecule is Cc1ccc(-c2nnc(S[C@@H](C)C(=O)N(C)c3ccccc3)n2C)cc1. The molecule has 0 unspecified atom stereocenters. The Morgan fingerprint density at radius 3 is 2.38 bits per heavy atom. The average Bonchev–Trinajstić information content (AvgIpc) is 3.02. The van der Waals surface area contributed by atoms with Gasteiger partial charge in [0.15, 0.2) is 11.0 Å². The summed E-state index contributed by atoms with van der Waals surface area (Å²) in [4.78, 5) is 14.4. The molecule has 26 heavy (non-hydrogen) atoms. The van der Waals surface area contributed by atoms with Crippen LogP contribution in [0.2, 0.25) is 0 Å². The molecule has 1 atom stereocenters. The Hall–Kier alpha value is -2.60. The summed E-state index contributed by atoms with van der Waals surface area (Å²) in [7, 11) is 3.72. The summed E-state index contributed by atoms with van der Waals surface area (Å²) in [6, 6.07) is 17.8. The van der Waals surface area contributed by atoms with Crippen molar-refractivity contribution in [3.8, 4) is 11.4 Å². The van der Waals surface area contributed by atoms with Gasteiger partial charge in [-0.15, -0.1) is 10.2 Å². The summed E-state index contributed by atoms with van der Waals surface area (Å²) in [5, 5.41) is 9.03. The fraction of sp³-hybridized carbons (Fsp3) is 0.250. The van der Waals surface area contributed by atoms with E-state index in [0.717, 1.165) is 22.2 Å². The minimum atomic E-state index is -0.269. The van der Waals surface area contributed by atoms with Gasteiger partial charge in [0, 0.05) is 25.3 Å². The lowest BCUT2D eigenvalue weighted by Crippen LogP contribution is -2.33. The number of para-hydroxylation sites is 1. The van der Waals surface area contributed by atoms with Gasteiger partial charge in [0.2, 0.25) is 5.91 Å². The molecule has 0 aliphatic carbocycles. The van der Waals surface area contributed by atoms with Crippen molar-refractivity contribution < 1.29 is 4.79 Å². The van der Waals surface area contributed by atoms with E-state index in [0.29, 0.717) is 0 Å². The Morgan fingerprint density at radius 1 is 1.08 bits per heavy atom. The summed E-state index contributed by atoms with van der Waals surface area (Å²) in [5.74, 6) is 0.824. The number of hydrogen-bond donors (Lipinski definition) is 0. The van der Waals surface area contributed by atoms with E-state index in [1.807, 2.05) is 61.0 Å². The highest BCUT2D eigenvalue weighted by Gasteiger charge is 2.22. The molecule has 0 aliphatic rings. The van der Waals surface area contributed by atoms with Crippen molar-refractivity contribution in [1.82, 2.24) is 14.8 Å². The first-order chi connectivity index (χ1) is 12.5. The molecule has 1 heterocycles. The van der Waals surface area contributed by atoms with Gasteiger partial charge in [-0.3, -0.25) is 4.79 Å². The van der Waals surface area contributed by atoms with Gasteiger partial charge in [0.05, 0.1) is 5.25 Å². The zero-order chi connectivity index (χ0) is 18.7. The molecule has 1 aromatic heterocycles. The molecule has 0 saturated carbocycles. The molecule has 134 valence electrons. The van der Waals surface area contributed by atoms with E-state index in [2.05, 4.69) is 29.3 Å². The number of amides is 1. The quantitative estimate of drug-likeness (QED) is 0.642. The van der Waals surface area contributed by atoms with Crippen LogP contribution < -0.4 is 4.90 Å². The summed E-state index contributed by atoms with van der Waals surface area (Å²) < 4.78 is 1.93. The zero-order valence-corrected chi connectivity index (χ0v) is 16.2. The summed E-state index contributed by atoms with van der Waals surface area (Å²) >= 11 is 1.42. The Labute approximate surface area is 158 Å². The Morgan fingerprint density at radius 2 is 1.73 bits per heavy atom. The van der Waals surface area contributed by atoms with Gasteiger partial charge < -0.3 is 9.47 Å². The van der Waals surface area contributed by atoms with E-state index in [-0.39, 0.29) is 11.2 Å². The van der Waals surface area contributed by atoms with Gasteiger partial charge >= 0.3 is 0 Å². The number of aryl methyl sites for hydroxylation is 1. The predicted molar refractivity (Wildman–Crippen MR) is 106 cm³/mol. The van der Waals surface area contributed by atoms with E-state index in [1.54, 1.807) is 11.9 Å².